The lowest BCUT2D eigenvalue weighted by molar-refractivity contribution is 0.0311. The van der Waals surface area contributed by atoms with Gasteiger partial charge in [-0.15, -0.1) is 6.58 Å². The first-order valence-corrected chi connectivity index (χ1v) is 10.7. The molecular formula is C25H32N2O3. The van der Waals surface area contributed by atoms with Gasteiger partial charge in [-0.3, -0.25) is 4.98 Å². The zero-order valence-electron chi connectivity index (χ0n) is 17.9. The molecule has 1 aliphatic heterocycles. The lowest BCUT2D eigenvalue weighted by atomic mass is 9.80. The molecule has 1 saturated carbocycles. The topological polar surface area (TPSA) is 65.8 Å². The molecule has 5 heteroatoms. The van der Waals surface area contributed by atoms with Gasteiger partial charge in [0.05, 0.1) is 18.9 Å². The summed E-state index contributed by atoms with van der Waals surface area (Å²) in [6.45, 7) is 9.14. The molecule has 0 bridgehead atoms. The van der Waals surface area contributed by atoms with Gasteiger partial charge in [0.25, 0.3) is 0 Å². The quantitative estimate of drug-likeness (QED) is 0.683. The fourth-order valence-electron chi connectivity index (χ4n) is 5.62. The number of ether oxygens (including phenoxy) is 1. The van der Waals surface area contributed by atoms with Crippen molar-refractivity contribution < 1.29 is 14.9 Å². The molecule has 2 heterocycles. The van der Waals surface area contributed by atoms with E-state index >= 15 is 0 Å². The van der Waals surface area contributed by atoms with Crippen LogP contribution in [0.1, 0.15) is 36.9 Å². The van der Waals surface area contributed by atoms with Crippen LogP contribution in [0.2, 0.25) is 0 Å². The summed E-state index contributed by atoms with van der Waals surface area (Å²) in [5.74, 6) is 1.71. The van der Waals surface area contributed by atoms with Crippen molar-refractivity contribution in [2.24, 2.45) is 11.3 Å². The monoisotopic (exact) mass is 408 g/mol. The average Bonchev–Trinajstić information content (AvgIpc) is 3.17. The minimum atomic E-state index is -0.707. The SMILES string of the molecule is C=CC12CN(CC(C)c3ccc(O)cn3)CC1CC(O)(Cc1cccc(OC)c1)C2. The number of nitrogens with zero attached hydrogens (tertiary/aromatic N) is 2. The molecule has 2 aliphatic rings. The Morgan fingerprint density at radius 1 is 1.37 bits per heavy atom. The lowest BCUT2D eigenvalue weighted by Gasteiger charge is -2.30. The first kappa shape index (κ1) is 20.9. The van der Waals surface area contributed by atoms with Gasteiger partial charge in [-0.1, -0.05) is 25.1 Å². The fourth-order valence-corrected chi connectivity index (χ4v) is 5.62. The Morgan fingerprint density at radius 3 is 2.87 bits per heavy atom. The van der Waals surface area contributed by atoms with E-state index in [9.17, 15) is 10.2 Å². The van der Waals surface area contributed by atoms with E-state index < -0.39 is 5.60 Å². The first-order chi connectivity index (χ1) is 14.3. The fraction of sp³-hybridized carbons (Fsp3) is 0.480. The number of pyridine rings is 1. The zero-order chi connectivity index (χ0) is 21.4. The molecule has 2 N–H and O–H groups in total. The van der Waals surface area contributed by atoms with E-state index in [1.165, 1.54) is 6.20 Å². The Labute approximate surface area is 179 Å². The largest absolute Gasteiger partial charge is 0.506 e. The molecule has 160 valence electrons. The van der Waals surface area contributed by atoms with Gasteiger partial charge >= 0.3 is 0 Å². The molecule has 0 spiro atoms. The van der Waals surface area contributed by atoms with E-state index in [0.717, 1.165) is 49.5 Å². The number of benzene rings is 1. The van der Waals surface area contributed by atoms with Crippen molar-refractivity contribution in [1.82, 2.24) is 9.88 Å². The maximum absolute atomic E-state index is 11.4. The summed E-state index contributed by atoms with van der Waals surface area (Å²) in [6, 6.07) is 11.6. The van der Waals surface area contributed by atoms with E-state index in [1.807, 2.05) is 24.3 Å². The molecule has 2 aromatic rings. The van der Waals surface area contributed by atoms with Crippen LogP contribution in [0, 0.1) is 11.3 Å². The van der Waals surface area contributed by atoms with Crippen LogP contribution >= 0.6 is 0 Å². The Kier molecular flexibility index (Phi) is 5.60. The number of aromatic hydroxyl groups is 1. The molecule has 0 amide bonds. The number of fused-ring (bicyclic) bond motifs is 1. The average molecular weight is 409 g/mol. The molecule has 1 aliphatic carbocycles. The number of rotatable bonds is 7. The van der Waals surface area contributed by atoms with Gasteiger partial charge in [-0.25, -0.2) is 0 Å². The van der Waals surface area contributed by atoms with E-state index in [2.05, 4.69) is 35.5 Å². The van der Waals surface area contributed by atoms with E-state index in [-0.39, 0.29) is 17.1 Å². The minimum Gasteiger partial charge on any atom is -0.506 e. The summed E-state index contributed by atoms with van der Waals surface area (Å²) >= 11 is 0. The molecule has 30 heavy (non-hydrogen) atoms. The van der Waals surface area contributed by atoms with Gasteiger partial charge in [0.2, 0.25) is 0 Å². The van der Waals surface area contributed by atoms with Gasteiger partial charge in [-0.2, -0.15) is 0 Å². The normalized spacial score (nSPS) is 29.5. The summed E-state index contributed by atoms with van der Waals surface area (Å²) in [5, 5.41) is 20.9. The van der Waals surface area contributed by atoms with Gasteiger partial charge in [0, 0.05) is 43.1 Å². The molecule has 1 aromatic carbocycles. The predicted molar refractivity (Wildman–Crippen MR) is 118 cm³/mol. The Morgan fingerprint density at radius 2 is 2.20 bits per heavy atom. The molecule has 5 nitrogen and oxygen atoms in total. The van der Waals surface area contributed by atoms with Crippen LogP contribution in [0.4, 0.5) is 0 Å². The number of methoxy groups -OCH3 is 1. The number of aromatic nitrogens is 1. The number of hydrogen-bond acceptors (Lipinski definition) is 5. The number of hydrogen-bond donors (Lipinski definition) is 2. The molecule has 2 fully saturated rings. The van der Waals surface area contributed by atoms with Crippen LogP contribution in [-0.4, -0.2) is 52.4 Å². The second-order valence-electron chi connectivity index (χ2n) is 9.30. The van der Waals surface area contributed by atoms with Crippen molar-refractivity contribution in [3.63, 3.8) is 0 Å². The summed E-state index contributed by atoms with van der Waals surface area (Å²) < 4.78 is 5.34. The van der Waals surface area contributed by atoms with Gasteiger partial charge in [0.15, 0.2) is 0 Å². The Bertz CT molecular complexity index is 900. The lowest BCUT2D eigenvalue weighted by Crippen LogP contribution is -2.35. The van der Waals surface area contributed by atoms with Crippen LogP contribution in [0.3, 0.4) is 0 Å². The maximum Gasteiger partial charge on any atom is 0.133 e. The number of likely N-dealkylation sites (tertiary alicyclic amines) is 1. The third-order valence-electron chi connectivity index (χ3n) is 6.98. The van der Waals surface area contributed by atoms with E-state index in [1.54, 1.807) is 13.2 Å². The third kappa shape index (κ3) is 4.09. The van der Waals surface area contributed by atoms with Crippen molar-refractivity contribution in [1.29, 1.82) is 0 Å². The maximum atomic E-state index is 11.4. The highest BCUT2D eigenvalue weighted by molar-refractivity contribution is 5.30. The molecular weight excluding hydrogens is 376 g/mol. The highest BCUT2D eigenvalue weighted by atomic mass is 16.5. The molecule has 0 radical (unpaired) electrons. The second-order valence-corrected chi connectivity index (χ2v) is 9.30. The van der Waals surface area contributed by atoms with Crippen molar-refractivity contribution in [3.05, 3.63) is 66.5 Å². The first-order valence-electron chi connectivity index (χ1n) is 10.7. The summed E-state index contributed by atoms with van der Waals surface area (Å²) in [7, 11) is 1.67. The molecule has 4 unspecified atom stereocenters. The van der Waals surface area contributed by atoms with Crippen LogP contribution in [0.15, 0.2) is 55.3 Å². The molecule has 1 aromatic heterocycles. The van der Waals surface area contributed by atoms with Gasteiger partial charge in [-0.05, 0) is 48.6 Å². The van der Waals surface area contributed by atoms with Crippen molar-refractivity contribution in [2.75, 3.05) is 26.7 Å². The predicted octanol–water partition coefficient (Wildman–Crippen LogP) is 3.77. The van der Waals surface area contributed by atoms with E-state index in [4.69, 9.17) is 4.74 Å². The molecule has 4 atom stereocenters. The van der Waals surface area contributed by atoms with Crippen LogP contribution in [-0.2, 0) is 6.42 Å². The van der Waals surface area contributed by atoms with Crippen molar-refractivity contribution in [2.45, 2.75) is 37.7 Å². The smallest absolute Gasteiger partial charge is 0.133 e. The number of aliphatic hydroxyl groups is 1. The summed E-state index contributed by atoms with van der Waals surface area (Å²) in [5.41, 5.74) is 1.35. The Balaban J connectivity index is 1.42. The highest BCUT2D eigenvalue weighted by Crippen LogP contribution is 2.54. The summed E-state index contributed by atoms with van der Waals surface area (Å²) in [6.07, 6.45) is 5.77. The molecule has 4 rings (SSSR count). The van der Waals surface area contributed by atoms with Crippen molar-refractivity contribution >= 4 is 0 Å². The van der Waals surface area contributed by atoms with E-state index in [0.29, 0.717) is 12.3 Å². The highest BCUT2D eigenvalue weighted by Gasteiger charge is 2.56. The second kappa shape index (κ2) is 8.05. The zero-order valence-corrected chi connectivity index (χ0v) is 17.9. The van der Waals surface area contributed by atoms with Crippen LogP contribution in [0.25, 0.3) is 0 Å². The Hall–Kier alpha value is -2.37. The van der Waals surface area contributed by atoms with Gasteiger partial charge in [0.1, 0.15) is 11.5 Å². The standard InChI is InChI=1S/C25H32N2O3/c1-4-24-16-25(29,11-19-6-5-7-22(10-19)30-3)12-20(24)15-27(17-24)14-18(2)23-9-8-21(28)13-26-23/h4-10,13,18,20,28-29H,1,11-12,14-17H2,2-3H3. The minimum absolute atomic E-state index is 0.0459. The van der Waals surface area contributed by atoms with Gasteiger partial charge < -0.3 is 19.8 Å². The van der Waals surface area contributed by atoms with Crippen LogP contribution in [0.5, 0.6) is 11.5 Å². The third-order valence-corrected chi connectivity index (χ3v) is 6.98. The van der Waals surface area contributed by atoms with Crippen LogP contribution < -0.4 is 4.74 Å². The summed E-state index contributed by atoms with van der Waals surface area (Å²) in [4.78, 5) is 6.85. The molecule has 1 saturated heterocycles. The van der Waals surface area contributed by atoms with Crippen molar-refractivity contribution in [3.8, 4) is 11.5 Å².